The van der Waals surface area contributed by atoms with Crippen molar-refractivity contribution in [1.82, 2.24) is 14.6 Å². The van der Waals surface area contributed by atoms with Gasteiger partial charge in [-0.25, -0.2) is 9.50 Å². The molecule has 0 amide bonds. The number of anilines is 2. The normalized spacial score (nSPS) is 10.8. The third-order valence-corrected chi connectivity index (χ3v) is 3.36. The lowest BCUT2D eigenvalue weighted by atomic mass is 10.2. The van der Waals surface area contributed by atoms with Gasteiger partial charge in [0.2, 0.25) is 0 Å². The summed E-state index contributed by atoms with van der Waals surface area (Å²) in [5, 5.41) is 7.85. The van der Waals surface area contributed by atoms with Gasteiger partial charge >= 0.3 is 0 Å². The van der Waals surface area contributed by atoms with Crippen molar-refractivity contribution in [1.29, 1.82) is 0 Å². The molecule has 5 heteroatoms. The number of fused-ring (bicyclic) bond motifs is 1. The van der Waals surface area contributed by atoms with E-state index in [2.05, 4.69) is 32.4 Å². The zero-order valence-electron chi connectivity index (χ0n) is 12.5. The fraction of sp³-hybridized carbons (Fsp3) is 0.250. The van der Waals surface area contributed by atoms with Crippen molar-refractivity contribution in [2.75, 3.05) is 24.3 Å². The van der Waals surface area contributed by atoms with Gasteiger partial charge in [0.15, 0.2) is 5.65 Å². The Bertz CT molecular complexity index is 760. The Morgan fingerprint density at radius 2 is 2.05 bits per heavy atom. The monoisotopic (exact) mass is 281 g/mol. The van der Waals surface area contributed by atoms with Crippen LogP contribution < -0.4 is 10.2 Å². The number of nitrogens with zero attached hydrogens (tertiary/aromatic N) is 4. The minimum Gasteiger partial charge on any atom is -0.379 e. The average molecular weight is 281 g/mol. The second-order valence-electron chi connectivity index (χ2n) is 5.32. The maximum absolute atomic E-state index is 4.42. The number of benzene rings is 1. The highest BCUT2D eigenvalue weighted by molar-refractivity contribution is 5.69. The van der Waals surface area contributed by atoms with E-state index >= 15 is 0 Å². The summed E-state index contributed by atoms with van der Waals surface area (Å²) in [5.41, 5.74) is 5.23. The minimum atomic E-state index is 0.715. The first-order chi connectivity index (χ1) is 10.1. The Labute approximate surface area is 124 Å². The Balaban J connectivity index is 1.80. The van der Waals surface area contributed by atoms with Gasteiger partial charge < -0.3 is 10.2 Å². The highest BCUT2D eigenvalue weighted by atomic mass is 15.2. The van der Waals surface area contributed by atoms with Gasteiger partial charge in [-0.15, -0.1) is 0 Å². The van der Waals surface area contributed by atoms with Gasteiger partial charge in [-0.3, -0.25) is 0 Å². The summed E-state index contributed by atoms with van der Waals surface area (Å²) in [7, 11) is 4.08. The zero-order valence-corrected chi connectivity index (χ0v) is 12.5. The second-order valence-corrected chi connectivity index (χ2v) is 5.32. The minimum absolute atomic E-state index is 0.715. The van der Waals surface area contributed by atoms with Gasteiger partial charge in [-0.1, -0.05) is 12.1 Å². The summed E-state index contributed by atoms with van der Waals surface area (Å²) in [6.07, 6.45) is 3.91. The Morgan fingerprint density at radius 1 is 1.24 bits per heavy atom. The van der Waals surface area contributed by atoms with E-state index < -0.39 is 0 Å². The lowest BCUT2D eigenvalue weighted by Crippen LogP contribution is -2.12. The van der Waals surface area contributed by atoms with Crippen LogP contribution in [-0.4, -0.2) is 28.7 Å². The molecule has 0 radical (unpaired) electrons. The van der Waals surface area contributed by atoms with Crippen LogP contribution in [0.2, 0.25) is 0 Å². The molecule has 1 N–H and O–H groups in total. The number of aromatic nitrogens is 3. The molecule has 0 fully saturated rings. The van der Waals surface area contributed by atoms with Crippen LogP contribution in [0.3, 0.4) is 0 Å². The lowest BCUT2D eigenvalue weighted by molar-refractivity contribution is 0.895. The van der Waals surface area contributed by atoms with E-state index in [4.69, 9.17) is 0 Å². The second kappa shape index (κ2) is 5.44. The molecule has 0 saturated heterocycles. The van der Waals surface area contributed by atoms with E-state index in [1.165, 1.54) is 5.69 Å². The number of hydrogen-bond acceptors (Lipinski definition) is 4. The predicted octanol–water partition coefficient (Wildman–Crippen LogP) is 2.72. The Kier molecular flexibility index (Phi) is 3.48. The van der Waals surface area contributed by atoms with E-state index in [0.717, 1.165) is 22.6 Å². The van der Waals surface area contributed by atoms with Crippen molar-refractivity contribution in [3.8, 4) is 0 Å². The molecular weight excluding hydrogens is 262 g/mol. The van der Waals surface area contributed by atoms with Gasteiger partial charge in [-0.05, 0) is 19.1 Å². The van der Waals surface area contributed by atoms with Gasteiger partial charge in [0.05, 0.1) is 17.1 Å². The van der Waals surface area contributed by atoms with E-state index in [9.17, 15) is 0 Å². The Hall–Kier alpha value is -2.56. The van der Waals surface area contributed by atoms with Crippen molar-refractivity contribution in [2.45, 2.75) is 13.5 Å². The molecule has 3 rings (SSSR count). The van der Waals surface area contributed by atoms with Crippen LogP contribution in [-0.2, 0) is 6.54 Å². The summed E-state index contributed by atoms with van der Waals surface area (Å²) in [6, 6.07) is 10.2. The van der Waals surface area contributed by atoms with Crippen molar-refractivity contribution in [3.63, 3.8) is 0 Å². The smallest absolute Gasteiger partial charge is 0.155 e. The molecule has 2 aromatic heterocycles. The molecule has 1 aromatic carbocycles. The van der Waals surface area contributed by atoms with E-state index in [1.807, 2.05) is 56.1 Å². The molecule has 0 saturated carbocycles. The van der Waals surface area contributed by atoms with E-state index in [-0.39, 0.29) is 0 Å². The van der Waals surface area contributed by atoms with Gasteiger partial charge in [0.1, 0.15) is 0 Å². The molecule has 0 aliphatic heterocycles. The van der Waals surface area contributed by atoms with Crippen LogP contribution >= 0.6 is 0 Å². The van der Waals surface area contributed by atoms with Crippen LogP contribution in [0.1, 0.15) is 11.3 Å². The van der Waals surface area contributed by atoms with Crippen molar-refractivity contribution in [2.24, 2.45) is 0 Å². The SMILES string of the molecule is Cc1cc2ncc(CNc3ccccc3N(C)C)cn2n1. The maximum atomic E-state index is 4.42. The first kappa shape index (κ1) is 13.4. The molecule has 3 aromatic rings. The Morgan fingerprint density at radius 3 is 2.86 bits per heavy atom. The van der Waals surface area contributed by atoms with Gasteiger partial charge in [-0.2, -0.15) is 5.10 Å². The van der Waals surface area contributed by atoms with Crippen molar-refractivity contribution >= 4 is 17.0 Å². The molecule has 0 unspecified atom stereocenters. The van der Waals surface area contributed by atoms with Crippen LogP contribution in [0.25, 0.3) is 5.65 Å². The first-order valence-electron chi connectivity index (χ1n) is 6.94. The molecule has 5 nitrogen and oxygen atoms in total. The molecule has 0 aliphatic carbocycles. The fourth-order valence-electron chi connectivity index (χ4n) is 2.34. The first-order valence-corrected chi connectivity index (χ1v) is 6.94. The molecule has 2 heterocycles. The van der Waals surface area contributed by atoms with Crippen molar-refractivity contribution in [3.05, 3.63) is 54.0 Å². The van der Waals surface area contributed by atoms with Gasteiger partial charge in [0.25, 0.3) is 0 Å². The number of rotatable bonds is 4. The molecule has 0 bridgehead atoms. The highest BCUT2D eigenvalue weighted by Gasteiger charge is 2.04. The fourth-order valence-corrected chi connectivity index (χ4v) is 2.34. The summed E-state index contributed by atoms with van der Waals surface area (Å²) in [4.78, 5) is 6.52. The third kappa shape index (κ3) is 2.81. The third-order valence-electron chi connectivity index (χ3n) is 3.36. The molecular formula is C16H19N5. The molecule has 108 valence electrons. The molecule has 0 atom stereocenters. The average Bonchev–Trinajstić information content (AvgIpc) is 2.84. The lowest BCUT2D eigenvalue weighted by Gasteiger charge is -2.18. The van der Waals surface area contributed by atoms with Crippen LogP contribution in [0.15, 0.2) is 42.7 Å². The van der Waals surface area contributed by atoms with Gasteiger partial charge in [0, 0.05) is 44.7 Å². The number of hydrogen-bond donors (Lipinski definition) is 1. The summed E-state index contributed by atoms with van der Waals surface area (Å²) in [6.45, 7) is 2.69. The van der Waals surface area contributed by atoms with E-state index in [0.29, 0.717) is 6.54 Å². The van der Waals surface area contributed by atoms with E-state index in [1.54, 1.807) is 0 Å². The number of nitrogens with one attached hydrogen (secondary N) is 1. The van der Waals surface area contributed by atoms with Crippen molar-refractivity contribution < 1.29 is 0 Å². The zero-order chi connectivity index (χ0) is 14.8. The number of para-hydroxylation sites is 2. The highest BCUT2D eigenvalue weighted by Crippen LogP contribution is 2.23. The predicted molar refractivity (Wildman–Crippen MR) is 85.8 cm³/mol. The summed E-state index contributed by atoms with van der Waals surface area (Å²) < 4.78 is 1.82. The summed E-state index contributed by atoms with van der Waals surface area (Å²) in [5.74, 6) is 0. The van der Waals surface area contributed by atoms with Crippen LogP contribution in [0.5, 0.6) is 0 Å². The molecule has 0 spiro atoms. The number of aryl methyl sites for hydroxylation is 1. The van der Waals surface area contributed by atoms with Crippen LogP contribution in [0, 0.1) is 6.92 Å². The topological polar surface area (TPSA) is 45.5 Å². The van der Waals surface area contributed by atoms with Crippen LogP contribution in [0.4, 0.5) is 11.4 Å². The molecule has 0 aliphatic rings. The quantitative estimate of drug-likeness (QED) is 0.798. The summed E-state index contributed by atoms with van der Waals surface area (Å²) >= 11 is 0. The maximum Gasteiger partial charge on any atom is 0.155 e. The standard InChI is InChI=1S/C16H19N5/c1-12-8-16-18-10-13(11-21(16)19-12)9-17-14-6-4-5-7-15(14)20(2)3/h4-8,10-11,17H,9H2,1-3H3. The molecule has 21 heavy (non-hydrogen) atoms. The largest absolute Gasteiger partial charge is 0.379 e.